The lowest BCUT2D eigenvalue weighted by molar-refractivity contribution is 0.0460. The van der Waals surface area contributed by atoms with Gasteiger partial charge in [-0.25, -0.2) is 9.78 Å². The quantitative estimate of drug-likeness (QED) is 0.536. The molecule has 0 saturated carbocycles. The van der Waals surface area contributed by atoms with E-state index < -0.39 is 5.97 Å². The first-order chi connectivity index (χ1) is 13.0. The lowest BCUT2D eigenvalue weighted by Gasteiger charge is -2.04. The summed E-state index contributed by atoms with van der Waals surface area (Å²) in [6, 6.07) is 11.3. The molecular formula is C20H16N2O4S. The van der Waals surface area contributed by atoms with Crippen LogP contribution in [0.5, 0.6) is 0 Å². The fourth-order valence-corrected chi connectivity index (χ4v) is 3.90. The molecule has 0 aliphatic heterocycles. The molecule has 0 unspecified atom stereocenters. The van der Waals surface area contributed by atoms with Crippen LogP contribution in [-0.4, -0.2) is 15.9 Å². The molecule has 4 aromatic rings. The SMILES string of the molecule is Cc1cc(C(=O)OCc2nc3scc(-c4ccccc4)c3c(=O)[nH]2)c(C)o1. The second-order valence-corrected chi connectivity index (χ2v) is 6.97. The summed E-state index contributed by atoms with van der Waals surface area (Å²) in [5, 5.41) is 2.46. The summed E-state index contributed by atoms with van der Waals surface area (Å²) in [6.45, 7) is 3.34. The van der Waals surface area contributed by atoms with Crippen LogP contribution in [0, 0.1) is 13.8 Å². The number of fused-ring (bicyclic) bond motifs is 1. The van der Waals surface area contributed by atoms with Crippen molar-refractivity contribution in [3.63, 3.8) is 0 Å². The maximum atomic E-state index is 12.6. The maximum Gasteiger partial charge on any atom is 0.342 e. The highest BCUT2D eigenvalue weighted by Crippen LogP contribution is 2.30. The van der Waals surface area contributed by atoms with E-state index in [2.05, 4.69) is 9.97 Å². The fourth-order valence-electron chi connectivity index (χ4n) is 2.94. The number of furan rings is 1. The van der Waals surface area contributed by atoms with Crippen molar-refractivity contribution in [3.05, 3.63) is 75.0 Å². The number of esters is 1. The summed E-state index contributed by atoms with van der Waals surface area (Å²) < 4.78 is 10.6. The molecule has 27 heavy (non-hydrogen) atoms. The van der Waals surface area contributed by atoms with Gasteiger partial charge >= 0.3 is 5.97 Å². The van der Waals surface area contributed by atoms with Gasteiger partial charge < -0.3 is 14.1 Å². The minimum Gasteiger partial charge on any atom is -0.466 e. The molecular weight excluding hydrogens is 364 g/mol. The Morgan fingerprint density at radius 1 is 1.26 bits per heavy atom. The average Bonchev–Trinajstić information content (AvgIpc) is 3.23. The van der Waals surface area contributed by atoms with Gasteiger partial charge in [-0.05, 0) is 25.5 Å². The third-order valence-electron chi connectivity index (χ3n) is 4.18. The van der Waals surface area contributed by atoms with Gasteiger partial charge in [-0.1, -0.05) is 30.3 Å². The molecule has 7 heteroatoms. The van der Waals surface area contributed by atoms with Crippen LogP contribution in [0.1, 0.15) is 27.7 Å². The summed E-state index contributed by atoms with van der Waals surface area (Å²) in [5.74, 6) is 0.933. The Hall–Kier alpha value is -3.19. The number of benzene rings is 1. The number of nitrogens with zero attached hydrogens (tertiary/aromatic N) is 1. The van der Waals surface area contributed by atoms with E-state index in [-0.39, 0.29) is 12.2 Å². The van der Waals surface area contributed by atoms with Crippen LogP contribution in [-0.2, 0) is 11.3 Å². The zero-order chi connectivity index (χ0) is 19.0. The molecule has 1 N–H and O–H groups in total. The van der Waals surface area contributed by atoms with Crippen molar-refractivity contribution >= 4 is 27.5 Å². The van der Waals surface area contributed by atoms with Gasteiger partial charge in [0.15, 0.2) is 0 Å². The Balaban J connectivity index is 1.60. The molecule has 0 fully saturated rings. The molecule has 0 aliphatic rings. The zero-order valence-electron chi connectivity index (χ0n) is 14.7. The van der Waals surface area contributed by atoms with E-state index in [9.17, 15) is 9.59 Å². The van der Waals surface area contributed by atoms with E-state index in [1.54, 1.807) is 19.9 Å². The Labute approximate surface area is 158 Å². The topological polar surface area (TPSA) is 85.2 Å². The van der Waals surface area contributed by atoms with Crippen LogP contribution in [0.4, 0.5) is 0 Å². The Morgan fingerprint density at radius 2 is 2.04 bits per heavy atom. The molecule has 0 spiro atoms. The Bertz CT molecular complexity index is 1190. The molecule has 136 valence electrons. The van der Waals surface area contributed by atoms with E-state index in [0.717, 1.165) is 11.1 Å². The number of nitrogens with one attached hydrogen (secondary N) is 1. The van der Waals surface area contributed by atoms with Crippen LogP contribution >= 0.6 is 11.3 Å². The Kier molecular flexibility index (Phi) is 4.37. The van der Waals surface area contributed by atoms with Crippen LogP contribution in [0.3, 0.4) is 0 Å². The highest BCUT2D eigenvalue weighted by atomic mass is 32.1. The highest BCUT2D eigenvalue weighted by molar-refractivity contribution is 7.17. The molecule has 3 aromatic heterocycles. The number of aromatic amines is 1. The number of aromatic nitrogens is 2. The number of carbonyl (C=O) groups is 1. The minimum absolute atomic E-state index is 0.119. The van der Waals surface area contributed by atoms with Crippen molar-refractivity contribution in [2.45, 2.75) is 20.5 Å². The van der Waals surface area contributed by atoms with Gasteiger partial charge in [0.1, 0.15) is 34.3 Å². The van der Waals surface area contributed by atoms with Crippen LogP contribution in [0.25, 0.3) is 21.3 Å². The van der Waals surface area contributed by atoms with Crippen molar-refractivity contribution in [1.29, 1.82) is 0 Å². The summed E-state index contributed by atoms with van der Waals surface area (Å²) >= 11 is 1.39. The van der Waals surface area contributed by atoms with Crippen molar-refractivity contribution in [1.82, 2.24) is 9.97 Å². The Morgan fingerprint density at radius 3 is 2.74 bits per heavy atom. The van der Waals surface area contributed by atoms with Crippen molar-refractivity contribution < 1.29 is 13.9 Å². The number of hydrogen-bond acceptors (Lipinski definition) is 6. The zero-order valence-corrected chi connectivity index (χ0v) is 15.6. The van der Waals surface area contributed by atoms with Gasteiger partial charge in [0.2, 0.25) is 0 Å². The van der Waals surface area contributed by atoms with E-state index >= 15 is 0 Å². The number of ether oxygens (including phenoxy) is 1. The summed E-state index contributed by atoms with van der Waals surface area (Å²) in [7, 11) is 0. The normalized spacial score (nSPS) is 11.0. The first kappa shape index (κ1) is 17.2. The average molecular weight is 380 g/mol. The van der Waals surface area contributed by atoms with Crippen molar-refractivity contribution in [3.8, 4) is 11.1 Å². The van der Waals surface area contributed by atoms with E-state index in [1.807, 2.05) is 35.7 Å². The molecule has 0 aliphatic carbocycles. The van der Waals surface area contributed by atoms with Gasteiger partial charge in [-0.15, -0.1) is 11.3 Å². The smallest absolute Gasteiger partial charge is 0.342 e. The van der Waals surface area contributed by atoms with Gasteiger partial charge in [0, 0.05) is 10.9 Å². The highest BCUT2D eigenvalue weighted by Gasteiger charge is 2.17. The summed E-state index contributed by atoms with van der Waals surface area (Å²) in [6.07, 6.45) is 0. The molecule has 0 atom stereocenters. The number of aryl methyl sites for hydroxylation is 2. The number of rotatable bonds is 4. The fraction of sp³-hybridized carbons (Fsp3) is 0.150. The van der Waals surface area contributed by atoms with Crippen LogP contribution in [0.2, 0.25) is 0 Å². The number of thiophene rings is 1. The molecule has 0 amide bonds. The molecule has 0 saturated heterocycles. The molecule has 0 radical (unpaired) electrons. The second-order valence-electron chi connectivity index (χ2n) is 6.11. The van der Waals surface area contributed by atoms with Gasteiger partial charge in [0.25, 0.3) is 5.56 Å². The lowest BCUT2D eigenvalue weighted by Crippen LogP contribution is -2.14. The molecule has 4 rings (SSSR count). The first-order valence-electron chi connectivity index (χ1n) is 8.33. The predicted molar refractivity (Wildman–Crippen MR) is 103 cm³/mol. The first-order valence-corrected chi connectivity index (χ1v) is 9.21. The molecule has 0 bridgehead atoms. The number of carbonyl (C=O) groups excluding carboxylic acids is 1. The molecule has 1 aromatic carbocycles. The predicted octanol–water partition coefficient (Wildman–Crippen LogP) is 4.22. The van der Waals surface area contributed by atoms with Crippen LogP contribution in [0.15, 0.2) is 51.0 Å². The van der Waals surface area contributed by atoms with E-state index in [1.165, 1.54) is 11.3 Å². The third kappa shape index (κ3) is 3.29. The standard InChI is InChI=1S/C20H16N2O4S/c1-11-8-14(12(2)26-11)20(24)25-9-16-21-18(23)17-15(10-27-19(17)22-16)13-6-4-3-5-7-13/h3-8,10H,9H2,1-2H3,(H,21,22,23). The maximum absolute atomic E-state index is 12.6. The molecule has 6 nitrogen and oxygen atoms in total. The van der Waals surface area contributed by atoms with Gasteiger partial charge in [0.05, 0.1) is 5.39 Å². The van der Waals surface area contributed by atoms with Crippen LogP contribution < -0.4 is 5.56 Å². The monoisotopic (exact) mass is 380 g/mol. The van der Waals surface area contributed by atoms with E-state index in [4.69, 9.17) is 9.15 Å². The van der Waals surface area contributed by atoms with E-state index in [0.29, 0.717) is 33.1 Å². The van der Waals surface area contributed by atoms with Gasteiger partial charge in [-0.2, -0.15) is 0 Å². The van der Waals surface area contributed by atoms with Gasteiger partial charge in [-0.3, -0.25) is 4.79 Å². The largest absolute Gasteiger partial charge is 0.466 e. The van der Waals surface area contributed by atoms with Crippen molar-refractivity contribution in [2.24, 2.45) is 0 Å². The summed E-state index contributed by atoms with van der Waals surface area (Å²) in [5.41, 5.74) is 1.93. The second kappa shape index (κ2) is 6.85. The number of H-pyrrole nitrogens is 1. The molecule has 3 heterocycles. The lowest BCUT2D eigenvalue weighted by atomic mass is 10.1. The summed E-state index contributed by atoms with van der Waals surface area (Å²) in [4.78, 5) is 32.5. The number of hydrogen-bond donors (Lipinski definition) is 1. The minimum atomic E-state index is -0.511. The third-order valence-corrected chi connectivity index (χ3v) is 5.05. The van der Waals surface area contributed by atoms with Crippen molar-refractivity contribution in [2.75, 3.05) is 0 Å².